The van der Waals surface area contributed by atoms with Crippen LogP contribution < -0.4 is 4.74 Å². The van der Waals surface area contributed by atoms with Crippen molar-refractivity contribution in [2.45, 2.75) is 19.1 Å². The molecular formula is C19H24F2N4O2. The van der Waals surface area contributed by atoms with E-state index in [4.69, 9.17) is 9.47 Å². The summed E-state index contributed by atoms with van der Waals surface area (Å²) in [6.07, 6.45) is 3.52. The summed E-state index contributed by atoms with van der Waals surface area (Å²) >= 11 is 0. The Bertz CT molecular complexity index is 771. The monoisotopic (exact) mass is 378 g/mol. The number of methoxy groups -OCH3 is 1. The van der Waals surface area contributed by atoms with E-state index < -0.39 is 11.6 Å². The van der Waals surface area contributed by atoms with Gasteiger partial charge in [0, 0.05) is 62.1 Å². The van der Waals surface area contributed by atoms with E-state index in [1.807, 2.05) is 6.20 Å². The van der Waals surface area contributed by atoms with Gasteiger partial charge in [-0.2, -0.15) is 0 Å². The normalized spacial score (nSPS) is 24.0. The molecule has 2 aromatic rings. The fourth-order valence-electron chi connectivity index (χ4n) is 4.08. The van der Waals surface area contributed by atoms with Gasteiger partial charge >= 0.3 is 0 Å². The molecule has 0 unspecified atom stereocenters. The molecule has 2 atom stereocenters. The number of ether oxygens (including phenoxy) is 2. The van der Waals surface area contributed by atoms with Crippen LogP contribution >= 0.6 is 0 Å². The summed E-state index contributed by atoms with van der Waals surface area (Å²) in [5.74, 6) is -0.976. The number of nitrogens with one attached hydrogen (secondary N) is 1. The molecule has 4 rings (SSSR count). The van der Waals surface area contributed by atoms with Gasteiger partial charge in [-0.15, -0.1) is 0 Å². The van der Waals surface area contributed by atoms with Crippen LogP contribution in [0.4, 0.5) is 8.78 Å². The second kappa shape index (κ2) is 7.92. The first-order valence-electron chi connectivity index (χ1n) is 9.16. The minimum Gasteiger partial charge on any atom is -0.496 e. The number of rotatable bonds is 5. The van der Waals surface area contributed by atoms with E-state index in [9.17, 15) is 8.78 Å². The van der Waals surface area contributed by atoms with Gasteiger partial charge in [0.05, 0.1) is 26.7 Å². The lowest BCUT2D eigenvalue weighted by Crippen LogP contribution is -2.43. The third-order valence-corrected chi connectivity index (χ3v) is 5.34. The van der Waals surface area contributed by atoms with Gasteiger partial charge in [-0.3, -0.25) is 9.80 Å². The van der Waals surface area contributed by atoms with Crippen LogP contribution in [0.2, 0.25) is 0 Å². The topological polar surface area (TPSA) is 53.6 Å². The number of aromatic amines is 1. The average Bonchev–Trinajstić information content (AvgIpc) is 3.01. The van der Waals surface area contributed by atoms with E-state index in [-0.39, 0.29) is 11.6 Å². The van der Waals surface area contributed by atoms with E-state index in [1.165, 1.54) is 13.2 Å². The molecule has 146 valence electrons. The van der Waals surface area contributed by atoms with Gasteiger partial charge in [-0.1, -0.05) is 0 Å². The maximum absolute atomic E-state index is 14.4. The second-order valence-corrected chi connectivity index (χ2v) is 7.30. The average molecular weight is 378 g/mol. The van der Waals surface area contributed by atoms with Crippen LogP contribution in [0.15, 0.2) is 24.7 Å². The molecule has 0 amide bonds. The number of nitrogens with zero attached hydrogens (tertiary/aromatic N) is 3. The smallest absolute Gasteiger partial charge is 0.167 e. The number of H-pyrrole nitrogens is 1. The number of halogens is 2. The van der Waals surface area contributed by atoms with Crippen molar-refractivity contribution in [3.05, 3.63) is 47.5 Å². The van der Waals surface area contributed by atoms with Gasteiger partial charge in [0.1, 0.15) is 5.75 Å². The van der Waals surface area contributed by atoms with Crippen LogP contribution in [0.25, 0.3) is 0 Å². The molecular weight excluding hydrogens is 354 g/mol. The molecule has 2 aliphatic heterocycles. The summed E-state index contributed by atoms with van der Waals surface area (Å²) < 4.78 is 39.2. The predicted molar refractivity (Wildman–Crippen MR) is 95.3 cm³/mol. The van der Waals surface area contributed by atoms with Crippen LogP contribution in [-0.2, 0) is 17.8 Å². The first-order valence-corrected chi connectivity index (χ1v) is 9.16. The molecule has 6 nitrogen and oxygen atoms in total. The molecule has 0 radical (unpaired) electrons. The zero-order valence-corrected chi connectivity index (χ0v) is 15.3. The van der Waals surface area contributed by atoms with Crippen molar-refractivity contribution in [2.24, 2.45) is 5.92 Å². The molecule has 2 saturated heterocycles. The van der Waals surface area contributed by atoms with Crippen LogP contribution in [0.1, 0.15) is 11.3 Å². The van der Waals surface area contributed by atoms with Crippen molar-refractivity contribution in [3.8, 4) is 5.75 Å². The highest BCUT2D eigenvalue weighted by molar-refractivity contribution is 5.35. The Labute approximate surface area is 157 Å². The fourth-order valence-corrected chi connectivity index (χ4v) is 4.08. The number of hydrogen-bond acceptors (Lipinski definition) is 5. The summed E-state index contributed by atoms with van der Waals surface area (Å²) in [6, 6.07) is 2.78. The van der Waals surface area contributed by atoms with Crippen LogP contribution in [0, 0.1) is 17.6 Å². The standard InChI is InChI=1S/C19H24F2N4O2/c1-26-18-3-2-17(20)19(21)16(18)9-24-5-13-6-25(7-14-4-22-12-23-14)15(8-24)11-27-10-13/h2-4,12-13,15H,5-11H2,1H3,(H,22,23)/t13-,15-/m0/s1. The molecule has 2 fully saturated rings. The second-order valence-electron chi connectivity index (χ2n) is 7.30. The van der Waals surface area contributed by atoms with Crippen molar-refractivity contribution in [1.82, 2.24) is 19.8 Å². The van der Waals surface area contributed by atoms with Crippen molar-refractivity contribution in [2.75, 3.05) is 40.0 Å². The van der Waals surface area contributed by atoms with Crippen molar-refractivity contribution < 1.29 is 18.3 Å². The minimum atomic E-state index is -0.843. The van der Waals surface area contributed by atoms with E-state index >= 15 is 0 Å². The van der Waals surface area contributed by atoms with Crippen molar-refractivity contribution in [3.63, 3.8) is 0 Å². The van der Waals surface area contributed by atoms with Crippen molar-refractivity contribution in [1.29, 1.82) is 0 Å². The lowest BCUT2D eigenvalue weighted by atomic mass is 10.1. The first-order chi connectivity index (χ1) is 13.1. The molecule has 0 aliphatic carbocycles. The molecule has 2 aliphatic rings. The van der Waals surface area contributed by atoms with Crippen molar-refractivity contribution >= 4 is 0 Å². The Balaban J connectivity index is 1.53. The maximum atomic E-state index is 14.4. The Morgan fingerprint density at radius 2 is 2.11 bits per heavy atom. The quantitative estimate of drug-likeness (QED) is 0.863. The van der Waals surface area contributed by atoms with Crippen LogP contribution in [0.5, 0.6) is 5.75 Å². The Kier molecular flexibility index (Phi) is 5.38. The lowest BCUT2D eigenvalue weighted by molar-refractivity contribution is 0.0463. The van der Waals surface area contributed by atoms with Crippen LogP contribution in [-0.4, -0.2) is 65.8 Å². The molecule has 0 saturated carbocycles. The molecule has 1 aromatic carbocycles. The third kappa shape index (κ3) is 3.97. The number of hydrogen-bond donors (Lipinski definition) is 1. The molecule has 8 heteroatoms. The highest BCUT2D eigenvalue weighted by Crippen LogP contribution is 2.28. The highest BCUT2D eigenvalue weighted by Gasteiger charge is 2.34. The number of aromatic nitrogens is 2. The molecule has 3 heterocycles. The van der Waals surface area contributed by atoms with Crippen LogP contribution in [0.3, 0.4) is 0 Å². The Morgan fingerprint density at radius 3 is 2.89 bits per heavy atom. The Hall–Kier alpha value is -2.03. The zero-order valence-electron chi connectivity index (χ0n) is 15.3. The predicted octanol–water partition coefficient (Wildman–Crippen LogP) is 2.03. The van der Waals surface area contributed by atoms with Gasteiger partial charge in [0.25, 0.3) is 0 Å². The molecule has 0 spiro atoms. The summed E-state index contributed by atoms with van der Waals surface area (Å²) in [6.45, 7) is 4.80. The fraction of sp³-hybridized carbons (Fsp3) is 0.526. The van der Waals surface area contributed by atoms with E-state index in [0.29, 0.717) is 31.4 Å². The summed E-state index contributed by atoms with van der Waals surface area (Å²) in [5.41, 5.74) is 1.34. The van der Waals surface area contributed by atoms with Gasteiger partial charge in [0.2, 0.25) is 0 Å². The lowest BCUT2D eigenvalue weighted by Gasteiger charge is -2.31. The number of fused-ring (bicyclic) bond motifs is 3. The molecule has 1 aromatic heterocycles. The summed E-state index contributed by atoms with van der Waals surface area (Å²) in [5, 5.41) is 0. The van der Waals surface area contributed by atoms with E-state index in [1.54, 1.807) is 6.33 Å². The highest BCUT2D eigenvalue weighted by atomic mass is 19.2. The zero-order chi connectivity index (χ0) is 18.8. The SMILES string of the molecule is COc1ccc(F)c(F)c1CN1C[C@@H]2COC[C@H](C1)N(Cc1cnc[nH]1)C2. The molecule has 1 N–H and O–H groups in total. The van der Waals surface area contributed by atoms with E-state index in [2.05, 4.69) is 19.8 Å². The summed E-state index contributed by atoms with van der Waals surface area (Å²) in [7, 11) is 1.48. The van der Waals surface area contributed by atoms with Gasteiger partial charge in [-0.05, 0) is 12.1 Å². The third-order valence-electron chi connectivity index (χ3n) is 5.34. The Morgan fingerprint density at radius 1 is 1.22 bits per heavy atom. The first kappa shape index (κ1) is 18.3. The van der Waals surface area contributed by atoms with E-state index in [0.717, 1.165) is 37.9 Å². The molecule has 27 heavy (non-hydrogen) atoms. The minimum absolute atomic E-state index is 0.184. The van der Waals surface area contributed by atoms with Gasteiger partial charge < -0.3 is 14.5 Å². The number of benzene rings is 1. The summed E-state index contributed by atoms with van der Waals surface area (Å²) in [4.78, 5) is 11.8. The number of imidazole rings is 1. The molecule has 2 bridgehead atoms. The van der Waals surface area contributed by atoms with Gasteiger partial charge in [-0.25, -0.2) is 13.8 Å². The van der Waals surface area contributed by atoms with Gasteiger partial charge in [0.15, 0.2) is 11.6 Å². The maximum Gasteiger partial charge on any atom is 0.167 e. The largest absolute Gasteiger partial charge is 0.496 e.